The zero-order chi connectivity index (χ0) is 25.4. The number of thiazole rings is 1. The lowest BCUT2D eigenvalue weighted by atomic mass is 9.86. The largest absolute Gasteiger partial charge is 0.489 e. The number of fused-ring (bicyclic) bond motifs is 3. The van der Waals surface area contributed by atoms with Crippen LogP contribution < -0.4 is 10.1 Å². The second-order valence-electron chi connectivity index (χ2n) is 9.49. The molecule has 3 aliphatic heterocycles. The number of amides is 1. The summed E-state index contributed by atoms with van der Waals surface area (Å²) in [5.41, 5.74) is 0.710. The van der Waals surface area contributed by atoms with Gasteiger partial charge in [0.05, 0.1) is 6.04 Å². The van der Waals surface area contributed by atoms with Gasteiger partial charge < -0.3 is 10.1 Å². The number of halogens is 3. The van der Waals surface area contributed by atoms with Crippen molar-refractivity contribution in [3.63, 3.8) is 0 Å². The van der Waals surface area contributed by atoms with E-state index in [1.165, 1.54) is 17.4 Å². The molecular weight excluding hydrogens is 489 g/mol. The fraction of sp³-hybridized carbons (Fsp3) is 0.423. The molecule has 3 saturated heterocycles. The predicted molar refractivity (Wildman–Crippen MR) is 131 cm³/mol. The summed E-state index contributed by atoms with van der Waals surface area (Å²) >= 11 is 1.54. The number of alkyl halides is 3. The Morgan fingerprint density at radius 2 is 1.94 bits per heavy atom. The van der Waals surface area contributed by atoms with E-state index in [4.69, 9.17) is 4.74 Å². The van der Waals surface area contributed by atoms with Crippen LogP contribution in [0.25, 0.3) is 10.6 Å². The summed E-state index contributed by atoms with van der Waals surface area (Å²) < 4.78 is 44.9. The van der Waals surface area contributed by atoms with Gasteiger partial charge in [-0.05, 0) is 75.5 Å². The molecule has 36 heavy (non-hydrogen) atoms. The van der Waals surface area contributed by atoms with E-state index >= 15 is 0 Å². The van der Waals surface area contributed by atoms with E-state index in [1.54, 1.807) is 25.3 Å². The molecule has 1 unspecified atom stereocenters. The molecule has 0 saturated carbocycles. The van der Waals surface area contributed by atoms with Crippen molar-refractivity contribution in [1.29, 1.82) is 0 Å². The Balaban J connectivity index is 1.38. The third kappa shape index (κ3) is 5.39. The number of aryl methyl sites for hydroxylation is 1. The van der Waals surface area contributed by atoms with Gasteiger partial charge in [-0.3, -0.25) is 14.7 Å². The number of hydrogen-bond acceptors (Lipinski definition) is 6. The van der Waals surface area contributed by atoms with Crippen LogP contribution in [0.2, 0.25) is 0 Å². The third-order valence-corrected chi connectivity index (χ3v) is 7.81. The SMILES string of the molecule is Cc1cnc(-c2cc(O[C@H]3CN4CCC3CC4)cc(C(=O)NC(C)c3ccc(C(F)(F)F)nc3)c2)s1. The van der Waals surface area contributed by atoms with Crippen LogP contribution in [0, 0.1) is 12.8 Å². The number of carbonyl (C=O) groups excluding carboxylic acids is 1. The van der Waals surface area contributed by atoms with Gasteiger partial charge in [0.25, 0.3) is 5.91 Å². The van der Waals surface area contributed by atoms with Crippen molar-refractivity contribution in [2.24, 2.45) is 5.92 Å². The number of aromatic nitrogens is 2. The maximum Gasteiger partial charge on any atom is 0.433 e. The minimum absolute atomic E-state index is 0.0776. The molecule has 0 aliphatic carbocycles. The van der Waals surface area contributed by atoms with Gasteiger partial charge in [0.2, 0.25) is 0 Å². The molecule has 2 aromatic heterocycles. The summed E-state index contributed by atoms with van der Waals surface area (Å²) in [4.78, 5) is 24.7. The molecule has 2 atom stereocenters. The molecule has 10 heteroatoms. The van der Waals surface area contributed by atoms with Crippen LogP contribution >= 0.6 is 11.3 Å². The van der Waals surface area contributed by atoms with Crippen molar-refractivity contribution in [1.82, 2.24) is 20.2 Å². The Bertz CT molecular complexity index is 1240. The highest BCUT2D eigenvalue weighted by molar-refractivity contribution is 7.14. The summed E-state index contributed by atoms with van der Waals surface area (Å²) in [6.45, 7) is 6.77. The third-order valence-electron chi connectivity index (χ3n) is 6.84. The Morgan fingerprint density at radius 3 is 2.53 bits per heavy atom. The number of pyridine rings is 1. The number of piperidine rings is 3. The van der Waals surface area contributed by atoms with Gasteiger partial charge in [-0.15, -0.1) is 11.3 Å². The van der Waals surface area contributed by atoms with Gasteiger partial charge >= 0.3 is 6.18 Å². The monoisotopic (exact) mass is 516 g/mol. The first-order valence-electron chi connectivity index (χ1n) is 12.0. The first-order valence-corrected chi connectivity index (χ1v) is 12.8. The number of ether oxygens (including phenoxy) is 1. The zero-order valence-corrected chi connectivity index (χ0v) is 20.8. The fourth-order valence-electron chi connectivity index (χ4n) is 4.82. The van der Waals surface area contributed by atoms with Crippen molar-refractivity contribution in [3.05, 3.63) is 64.4 Å². The number of nitrogens with zero attached hydrogens (tertiary/aromatic N) is 3. The standard InChI is InChI=1S/C26H27F3N4O2S/c1-15-12-31-25(36-15)20-9-19(10-21(11-20)35-22-14-33-7-5-17(22)6-8-33)24(34)32-16(2)18-3-4-23(30-13-18)26(27,28)29/h3-4,9-13,16-17,22H,5-8,14H2,1-2H3,(H,32,34)/t16?,22-/m0/s1. The molecular formula is C26H27F3N4O2S. The lowest BCUT2D eigenvalue weighted by Crippen LogP contribution is -2.52. The molecule has 1 amide bonds. The second-order valence-corrected chi connectivity index (χ2v) is 10.7. The Kier molecular flexibility index (Phi) is 6.74. The minimum Gasteiger partial charge on any atom is -0.489 e. The molecule has 190 valence electrons. The molecule has 1 N–H and O–H groups in total. The van der Waals surface area contributed by atoms with Gasteiger partial charge in [0, 0.05) is 34.9 Å². The normalized spacial score (nSPS) is 22.3. The van der Waals surface area contributed by atoms with Crippen LogP contribution in [0.5, 0.6) is 5.75 Å². The van der Waals surface area contributed by atoms with Crippen LogP contribution in [0.4, 0.5) is 13.2 Å². The van der Waals surface area contributed by atoms with Crippen molar-refractivity contribution in [2.75, 3.05) is 19.6 Å². The number of hydrogen-bond donors (Lipinski definition) is 1. The maximum absolute atomic E-state index is 13.2. The van der Waals surface area contributed by atoms with Gasteiger partial charge in [0.15, 0.2) is 0 Å². The molecule has 6 rings (SSSR count). The summed E-state index contributed by atoms with van der Waals surface area (Å²) in [5, 5.41) is 3.66. The Hall–Kier alpha value is -2.98. The molecule has 3 aliphatic rings. The van der Waals surface area contributed by atoms with Crippen molar-refractivity contribution >= 4 is 17.2 Å². The first-order chi connectivity index (χ1) is 17.2. The summed E-state index contributed by atoms with van der Waals surface area (Å²) in [6, 6.07) is 7.14. The first kappa shape index (κ1) is 24.7. The van der Waals surface area contributed by atoms with Gasteiger partial charge in [-0.1, -0.05) is 6.07 Å². The highest BCUT2D eigenvalue weighted by Gasteiger charge is 2.36. The summed E-state index contributed by atoms with van der Waals surface area (Å²) in [5.74, 6) is 0.773. The van der Waals surface area contributed by atoms with Crippen molar-refractivity contribution in [2.45, 2.75) is 45.0 Å². The lowest BCUT2D eigenvalue weighted by molar-refractivity contribution is -0.141. The van der Waals surface area contributed by atoms with E-state index in [-0.39, 0.29) is 12.0 Å². The minimum atomic E-state index is -4.51. The van der Waals surface area contributed by atoms with Crippen LogP contribution in [-0.2, 0) is 6.18 Å². The fourth-order valence-corrected chi connectivity index (χ4v) is 5.57. The maximum atomic E-state index is 13.2. The van der Waals surface area contributed by atoms with Crippen LogP contribution in [0.15, 0.2) is 42.7 Å². The average molecular weight is 517 g/mol. The topological polar surface area (TPSA) is 67.3 Å². The van der Waals surface area contributed by atoms with Crippen molar-refractivity contribution < 1.29 is 22.7 Å². The Morgan fingerprint density at radius 1 is 1.17 bits per heavy atom. The highest BCUT2D eigenvalue weighted by Crippen LogP contribution is 2.34. The van der Waals surface area contributed by atoms with Gasteiger partial charge in [-0.2, -0.15) is 13.2 Å². The molecule has 0 spiro atoms. The van der Waals surface area contributed by atoms with E-state index in [0.717, 1.165) is 60.2 Å². The average Bonchev–Trinajstić information content (AvgIpc) is 3.30. The molecule has 2 bridgehead atoms. The predicted octanol–water partition coefficient (Wildman–Crippen LogP) is 5.50. The molecule has 5 heterocycles. The van der Waals surface area contributed by atoms with Gasteiger partial charge in [-0.25, -0.2) is 4.98 Å². The molecule has 0 radical (unpaired) electrons. The molecule has 6 nitrogen and oxygen atoms in total. The van der Waals surface area contributed by atoms with E-state index < -0.39 is 17.9 Å². The molecule has 3 aromatic rings. The quantitative estimate of drug-likeness (QED) is 0.469. The van der Waals surface area contributed by atoms with E-state index in [0.29, 0.717) is 22.8 Å². The van der Waals surface area contributed by atoms with E-state index in [9.17, 15) is 18.0 Å². The van der Waals surface area contributed by atoms with Crippen molar-refractivity contribution in [3.8, 4) is 16.3 Å². The number of rotatable bonds is 6. The van der Waals surface area contributed by atoms with E-state index in [2.05, 4.69) is 20.2 Å². The van der Waals surface area contributed by atoms with Crippen LogP contribution in [0.3, 0.4) is 0 Å². The number of nitrogens with one attached hydrogen (secondary N) is 1. The number of carbonyl (C=O) groups is 1. The number of benzene rings is 1. The molecule has 3 fully saturated rings. The van der Waals surface area contributed by atoms with Gasteiger partial charge in [0.1, 0.15) is 22.6 Å². The summed E-state index contributed by atoms with van der Waals surface area (Å²) in [7, 11) is 0. The zero-order valence-electron chi connectivity index (χ0n) is 20.0. The van der Waals surface area contributed by atoms with Crippen LogP contribution in [0.1, 0.15) is 52.3 Å². The van der Waals surface area contributed by atoms with Crippen LogP contribution in [-0.4, -0.2) is 46.5 Å². The summed E-state index contributed by atoms with van der Waals surface area (Å²) in [6.07, 6.45) is 0.730. The Labute approximate surface area is 211 Å². The lowest BCUT2D eigenvalue weighted by Gasteiger charge is -2.44. The second kappa shape index (κ2) is 9.82. The molecule has 1 aromatic carbocycles. The smallest absolute Gasteiger partial charge is 0.433 e. The van der Waals surface area contributed by atoms with E-state index in [1.807, 2.05) is 13.0 Å². The highest BCUT2D eigenvalue weighted by atomic mass is 32.1.